The van der Waals surface area contributed by atoms with E-state index >= 15 is 0 Å². The second kappa shape index (κ2) is 4.90. The van der Waals surface area contributed by atoms with Gasteiger partial charge in [0, 0.05) is 12.1 Å². The molecule has 1 aromatic carbocycles. The topological polar surface area (TPSA) is 35.8 Å². The van der Waals surface area contributed by atoms with Gasteiger partial charge < -0.3 is 5.32 Å². The molecule has 3 rings (SSSR count). The molecule has 2 saturated carbocycles. The van der Waals surface area contributed by atoms with Crippen molar-refractivity contribution in [3.63, 3.8) is 0 Å². The average molecular weight is 268 g/mol. The van der Waals surface area contributed by atoms with Gasteiger partial charge in [0.15, 0.2) is 0 Å². The third-order valence-electron chi connectivity index (χ3n) is 5.42. The summed E-state index contributed by atoms with van der Waals surface area (Å²) in [5.74, 6) is 0. The lowest BCUT2D eigenvalue weighted by molar-refractivity contribution is 0.170. The fourth-order valence-electron chi connectivity index (χ4n) is 3.97. The maximum absolute atomic E-state index is 9.59. The third kappa shape index (κ3) is 2.25. The summed E-state index contributed by atoms with van der Waals surface area (Å²) in [7, 11) is 0. The van der Waals surface area contributed by atoms with Crippen LogP contribution in [0.15, 0.2) is 30.3 Å². The molecule has 0 bridgehead atoms. The zero-order valence-electron chi connectivity index (χ0n) is 12.5. The van der Waals surface area contributed by atoms with Crippen LogP contribution in [0.25, 0.3) is 0 Å². The highest BCUT2D eigenvalue weighted by atomic mass is 15.0. The maximum atomic E-state index is 9.59. The van der Waals surface area contributed by atoms with E-state index in [2.05, 4.69) is 37.4 Å². The molecule has 0 spiro atoms. The molecule has 20 heavy (non-hydrogen) atoms. The van der Waals surface area contributed by atoms with Crippen molar-refractivity contribution in [1.29, 1.82) is 5.26 Å². The number of nitriles is 1. The van der Waals surface area contributed by atoms with Crippen molar-refractivity contribution in [2.24, 2.45) is 5.41 Å². The van der Waals surface area contributed by atoms with E-state index in [0.717, 1.165) is 12.8 Å². The first kappa shape index (κ1) is 13.6. The number of hydrogen-bond donors (Lipinski definition) is 1. The van der Waals surface area contributed by atoms with Gasteiger partial charge in [-0.25, -0.2) is 0 Å². The van der Waals surface area contributed by atoms with E-state index in [0.29, 0.717) is 17.5 Å². The Morgan fingerprint density at radius 3 is 2.45 bits per heavy atom. The normalized spacial score (nSPS) is 35.2. The molecular weight excluding hydrogens is 244 g/mol. The summed E-state index contributed by atoms with van der Waals surface area (Å²) in [6, 6.07) is 14.0. The van der Waals surface area contributed by atoms with Gasteiger partial charge in [-0.3, -0.25) is 0 Å². The van der Waals surface area contributed by atoms with Gasteiger partial charge in [0.25, 0.3) is 0 Å². The van der Waals surface area contributed by atoms with Gasteiger partial charge in [-0.1, -0.05) is 50.6 Å². The molecule has 1 aromatic rings. The summed E-state index contributed by atoms with van der Waals surface area (Å²) < 4.78 is 0. The molecule has 0 aliphatic heterocycles. The van der Waals surface area contributed by atoms with Crippen molar-refractivity contribution in [3.05, 3.63) is 35.9 Å². The number of nitrogens with one attached hydrogen (secondary N) is 1. The summed E-state index contributed by atoms with van der Waals surface area (Å²) in [6.45, 7) is 4.73. The molecule has 0 aromatic heterocycles. The van der Waals surface area contributed by atoms with Crippen LogP contribution in [0.1, 0.15) is 51.5 Å². The Hall–Kier alpha value is -1.33. The van der Waals surface area contributed by atoms with E-state index in [1.165, 1.54) is 24.8 Å². The number of benzene rings is 1. The van der Waals surface area contributed by atoms with Gasteiger partial charge in [-0.05, 0) is 36.7 Å². The van der Waals surface area contributed by atoms with Crippen LogP contribution in [0, 0.1) is 16.7 Å². The van der Waals surface area contributed by atoms with Crippen molar-refractivity contribution >= 4 is 0 Å². The molecule has 1 unspecified atom stereocenters. The summed E-state index contributed by atoms with van der Waals surface area (Å²) in [4.78, 5) is 0. The van der Waals surface area contributed by atoms with Gasteiger partial charge in [-0.2, -0.15) is 5.26 Å². The number of nitrogens with zero attached hydrogens (tertiary/aromatic N) is 1. The van der Waals surface area contributed by atoms with Crippen LogP contribution in [-0.2, 0) is 5.41 Å². The van der Waals surface area contributed by atoms with E-state index < -0.39 is 0 Å². The van der Waals surface area contributed by atoms with Gasteiger partial charge in [-0.15, -0.1) is 0 Å². The molecule has 0 heterocycles. The third-order valence-corrected chi connectivity index (χ3v) is 5.42. The van der Waals surface area contributed by atoms with Crippen molar-refractivity contribution in [1.82, 2.24) is 5.32 Å². The highest BCUT2D eigenvalue weighted by Crippen LogP contribution is 2.45. The molecule has 2 aliphatic rings. The van der Waals surface area contributed by atoms with Gasteiger partial charge in [0.2, 0.25) is 0 Å². The summed E-state index contributed by atoms with van der Waals surface area (Å²) in [5.41, 5.74) is 1.35. The van der Waals surface area contributed by atoms with Crippen molar-refractivity contribution in [3.8, 4) is 6.07 Å². The molecule has 2 heteroatoms. The Bertz CT molecular complexity index is 506. The van der Waals surface area contributed by atoms with Crippen LogP contribution in [0.5, 0.6) is 0 Å². The van der Waals surface area contributed by atoms with E-state index in [-0.39, 0.29) is 5.41 Å². The summed E-state index contributed by atoms with van der Waals surface area (Å²) in [5, 5.41) is 13.4. The van der Waals surface area contributed by atoms with E-state index in [9.17, 15) is 5.26 Å². The minimum Gasteiger partial charge on any atom is -0.311 e. The monoisotopic (exact) mass is 268 g/mol. The first-order valence-corrected chi connectivity index (χ1v) is 7.79. The molecule has 1 atom stereocenters. The fourth-order valence-corrected chi connectivity index (χ4v) is 3.97. The lowest BCUT2D eigenvalue weighted by Gasteiger charge is -2.46. The van der Waals surface area contributed by atoms with Crippen LogP contribution in [0.3, 0.4) is 0 Å². The second-order valence-corrected chi connectivity index (χ2v) is 7.27. The highest BCUT2D eigenvalue weighted by molar-refractivity contribution is 5.37. The smallest absolute Gasteiger partial charge is 0.0852 e. The lowest BCUT2D eigenvalue weighted by Crippen LogP contribution is -2.55. The average Bonchev–Trinajstić information content (AvgIpc) is 2.73. The Balaban J connectivity index is 1.64. The molecule has 0 saturated heterocycles. The highest BCUT2D eigenvalue weighted by Gasteiger charge is 2.48. The fraction of sp³-hybridized carbons (Fsp3) is 0.611. The molecule has 0 amide bonds. The van der Waals surface area contributed by atoms with Gasteiger partial charge in [0.1, 0.15) is 0 Å². The van der Waals surface area contributed by atoms with Crippen LogP contribution >= 0.6 is 0 Å². The van der Waals surface area contributed by atoms with E-state index in [4.69, 9.17) is 0 Å². The van der Waals surface area contributed by atoms with Crippen LogP contribution in [-0.4, -0.2) is 12.1 Å². The van der Waals surface area contributed by atoms with Crippen molar-refractivity contribution in [2.45, 2.75) is 63.5 Å². The summed E-state index contributed by atoms with van der Waals surface area (Å²) in [6.07, 6.45) is 5.85. The molecule has 1 N–H and O–H groups in total. The van der Waals surface area contributed by atoms with Crippen molar-refractivity contribution in [2.75, 3.05) is 0 Å². The molecule has 2 nitrogen and oxygen atoms in total. The predicted octanol–water partition coefficient (Wildman–Crippen LogP) is 3.78. The lowest BCUT2D eigenvalue weighted by atomic mass is 9.62. The molecule has 2 fully saturated rings. The van der Waals surface area contributed by atoms with E-state index in [1.54, 1.807) is 0 Å². The number of hydrogen-bond acceptors (Lipinski definition) is 2. The Morgan fingerprint density at radius 2 is 1.90 bits per heavy atom. The quantitative estimate of drug-likeness (QED) is 0.905. The Kier molecular flexibility index (Phi) is 3.34. The molecule has 2 aliphatic carbocycles. The zero-order chi connectivity index (χ0) is 14.2. The zero-order valence-corrected chi connectivity index (χ0v) is 12.5. The largest absolute Gasteiger partial charge is 0.311 e. The van der Waals surface area contributed by atoms with Crippen LogP contribution in [0.4, 0.5) is 0 Å². The van der Waals surface area contributed by atoms with Crippen molar-refractivity contribution < 1.29 is 0 Å². The predicted molar refractivity (Wildman–Crippen MR) is 81.3 cm³/mol. The minimum atomic E-state index is -0.248. The SMILES string of the molecule is CC1(C)CCCC1NC1CC(C#N)(c2ccccc2)C1. The first-order chi connectivity index (χ1) is 9.56. The molecular formula is C18H24N2. The summed E-state index contributed by atoms with van der Waals surface area (Å²) >= 11 is 0. The first-order valence-electron chi connectivity index (χ1n) is 7.79. The minimum absolute atomic E-state index is 0.248. The molecule has 0 radical (unpaired) electrons. The maximum Gasteiger partial charge on any atom is 0.0852 e. The molecule has 106 valence electrons. The van der Waals surface area contributed by atoms with E-state index in [1.807, 2.05) is 18.2 Å². The van der Waals surface area contributed by atoms with Crippen LogP contribution < -0.4 is 5.32 Å². The second-order valence-electron chi connectivity index (χ2n) is 7.27. The standard InChI is InChI=1S/C18H24N2/c1-17(2)10-6-9-16(17)20-15-11-18(12-15,13-19)14-7-4-3-5-8-14/h3-5,7-8,15-16,20H,6,9-12H2,1-2H3. The Morgan fingerprint density at radius 1 is 1.20 bits per heavy atom. The van der Waals surface area contributed by atoms with Gasteiger partial charge >= 0.3 is 0 Å². The number of rotatable bonds is 3. The van der Waals surface area contributed by atoms with Gasteiger partial charge in [0.05, 0.1) is 11.5 Å². The Labute approximate surface area is 122 Å². The van der Waals surface area contributed by atoms with Crippen LogP contribution in [0.2, 0.25) is 0 Å².